The molecule has 1 N–H and O–H groups in total. The van der Waals surface area contributed by atoms with Gasteiger partial charge < -0.3 is 10.2 Å². The molecule has 0 aromatic carbocycles. The number of nitro groups is 1. The highest BCUT2D eigenvalue weighted by atomic mass is 16.6. The maximum atomic E-state index is 11.1. The van der Waals surface area contributed by atoms with E-state index in [9.17, 15) is 10.1 Å². The van der Waals surface area contributed by atoms with E-state index in [1.54, 1.807) is 18.7 Å². The smallest absolute Gasteiger partial charge is 0.333 e. The zero-order valence-electron chi connectivity index (χ0n) is 11.9. The number of rotatable bonds is 5. The van der Waals surface area contributed by atoms with Gasteiger partial charge in [0.05, 0.1) is 4.92 Å². The zero-order chi connectivity index (χ0) is 14.2. The SMILES string of the molecule is Cc1nn(C)c(NCC2(N(C)C)CCC2)c1[N+](=O)[O-]. The molecule has 1 aromatic heterocycles. The summed E-state index contributed by atoms with van der Waals surface area (Å²) < 4.78 is 1.55. The molecule has 0 radical (unpaired) electrons. The van der Waals surface area contributed by atoms with Crippen LogP contribution in [0.3, 0.4) is 0 Å². The third kappa shape index (κ3) is 2.30. The van der Waals surface area contributed by atoms with Gasteiger partial charge in [0.25, 0.3) is 0 Å². The molecule has 0 unspecified atom stereocenters. The van der Waals surface area contributed by atoms with E-state index in [4.69, 9.17) is 0 Å². The van der Waals surface area contributed by atoms with E-state index in [-0.39, 0.29) is 16.1 Å². The van der Waals surface area contributed by atoms with Crippen LogP contribution in [0.25, 0.3) is 0 Å². The highest BCUT2D eigenvalue weighted by Gasteiger charge is 2.39. The van der Waals surface area contributed by atoms with Crippen LogP contribution in [-0.2, 0) is 7.05 Å². The second kappa shape index (κ2) is 4.80. The molecule has 7 heteroatoms. The van der Waals surface area contributed by atoms with Gasteiger partial charge in [-0.05, 0) is 40.3 Å². The molecule has 1 aromatic rings. The lowest BCUT2D eigenvalue weighted by Crippen LogP contribution is -2.54. The molecule has 0 atom stereocenters. The molecule has 19 heavy (non-hydrogen) atoms. The average molecular weight is 267 g/mol. The van der Waals surface area contributed by atoms with E-state index >= 15 is 0 Å². The van der Waals surface area contributed by atoms with E-state index in [0.29, 0.717) is 18.1 Å². The summed E-state index contributed by atoms with van der Waals surface area (Å²) in [7, 11) is 5.85. The first kappa shape index (κ1) is 13.8. The minimum atomic E-state index is -0.367. The van der Waals surface area contributed by atoms with Crippen LogP contribution in [0.2, 0.25) is 0 Å². The largest absolute Gasteiger partial charge is 0.363 e. The van der Waals surface area contributed by atoms with Crippen molar-refractivity contribution in [3.05, 3.63) is 15.8 Å². The van der Waals surface area contributed by atoms with Gasteiger partial charge in [0, 0.05) is 19.1 Å². The Bertz CT molecular complexity index is 491. The number of nitrogens with zero attached hydrogens (tertiary/aromatic N) is 4. The average Bonchev–Trinajstić information content (AvgIpc) is 2.51. The Balaban J connectivity index is 2.18. The Kier molecular flexibility index (Phi) is 3.49. The molecule has 1 saturated carbocycles. The molecule has 1 fully saturated rings. The standard InChI is InChI=1S/C12H21N5O2/c1-9-10(17(18)19)11(16(4)14-9)13-8-12(15(2)3)6-5-7-12/h13H,5-8H2,1-4H3. The van der Waals surface area contributed by atoms with Gasteiger partial charge >= 0.3 is 5.69 Å². The highest BCUT2D eigenvalue weighted by molar-refractivity contribution is 5.59. The fraction of sp³-hybridized carbons (Fsp3) is 0.750. The summed E-state index contributed by atoms with van der Waals surface area (Å²) in [4.78, 5) is 12.9. The second-order valence-corrected chi connectivity index (χ2v) is 5.49. The van der Waals surface area contributed by atoms with Crippen LogP contribution in [0.5, 0.6) is 0 Å². The molecule has 2 rings (SSSR count). The fourth-order valence-corrected chi connectivity index (χ4v) is 2.68. The van der Waals surface area contributed by atoms with E-state index in [1.807, 2.05) is 0 Å². The predicted molar refractivity (Wildman–Crippen MR) is 73.4 cm³/mol. The molecule has 1 aliphatic rings. The zero-order valence-corrected chi connectivity index (χ0v) is 11.9. The molecule has 0 aliphatic heterocycles. The third-order valence-corrected chi connectivity index (χ3v) is 4.19. The van der Waals surface area contributed by atoms with Crippen molar-refractivity contribution in [3.8, 4) is 0 Å². The summed E-state index contributed by atoms with van der Waals surface area (Å²) in [5.41, 5.74) is 0.643. The van der Waals surface area contributed by atoms with Crippen molar-refractivity contribution < 1.29 is 4.92 Å². The number of aromatic nitrogens is 2. The normalized spacial score (nSPS) is 17.3. The maximum Gasteiger partial charge on any atom is 0.333 e. The Morgan fingerprint density at radius 3 is 2.58 bits per heavy atom. The fourth-order valence-electron chi connectivity index (χ4n) is 2.68. The van der Waals surface area contributed by atoms with Crippen molar-refractivity contribution in [3.63, 3.8) is 0 Å². The van der Waals surface area contributed by atoms with Crippen molar-refractivity contribution in [2.75, 3.05) is 26.0 Å². The van der Waals surface area contributed by atoms with Crippen LogP contribution in [0.15, 0.2) is 0 Å². The van der Waals surface area contributed by atoms with Gasteiger partial charge in [0.15, 0.2) is 0 Å². The molecule has 106 valence electrons. The third-order valence-electron chi connectivity index (χ3n) is 4.19. The van der Waals surface area contributed by atoms with Crippen molar-refractivity contribution in [2.45, 2.75) is 31.7 Å². The Morgan fingerprint density at radius 1 is 1.53 bits per heavy atom. The van der Waals surface area contributed by atoms with Crippen LogP contribution >= 0.6 is 0 Å². The Hall–Kier alpha value is -1.63. The lowest BCUT2D eigenvalue weighted by atomic mass is 9.75. The molecular formula is C12H21N5O2. The van der Waals surface area contributed by atoms with Crippen LogP contribution in [-0.4, -0.2) is 45.8 Å². The first-order valence-electron chi connectivity index (χ1n) is 6.47. The number of likely N-dealkylation sites (N-methyl/N-ethyl adjacent to an activating group) is 1. The molecule has 0 amide bonds. The second-order valence-electron chi connectivity index (χ2n) is 5.49. The molecule has 0 spiro atoms. The van der Waals surface area contributed by atoms with Crippen LogP contribution < -0.4 is 5.32 Å². The highest BCUT2D eigenvalue weighted by Crippen LogP contribution is 2.37. The van der Waals surface area contributed by atoms with Gasteiger partial charge in [-0.2, -0.15) is 5.10 Å². The first-order valence-corrected chi connectivity index (χ1v) is 6.47. The number of hydrogen-bond acceptors (Lipinski definition) is 5. The van der Waals surface area contributed by atoms with Gasteiger partial charge in [0.1, 0.15) is 5.69 Å². The van der Waals surface area contributed by atoms with Gasteiger partial charge in [-0.1, -0.05) is 0 Å². The van der Waals surface area contributed by atoms with Crippen LogP contribution in [0.4, 0.5) is 11.5 Å². The minimum absolute atomic E-state index is 0.0794. The van der Waals surface area contributed by atoms with E-state index < -0.39 is 0 Å². The molecule has 0 bridgehead atoms. The lowest BCUT2D eigenvalue weighted by Gasteiger charge is -2.47. The number of anilines is 1. The van der Waals surface area contributed by atoms with Gasteiger partial charge in [-0.25, -0.2) is 4.68 Å². The van der Waals surface area contributed by atoms with Gasteiger partial charge in [-0.15, -0.1) is 0 Å². The molecule has 1 aliphatic carbocycles. The summed E-state index contributed by atoms with van der Waals surface area (Å²) in [6.45, 7) is 2.37. The number of aryl methyl sites for hydroxylation is 2. The molecule has 7 nitrogen and oxygen atoms in total. The minimum Gasteiger partial charge on any atom is -0.363 e. The van der Waals surface area contributed by atoms with Crippen LogP contribution in [0, 0.1) is 17.0 Å². The van der Waals surface area contributed by atoms with Gasteiger partial charge in [-0.3, -0.25) is 10.1 Å². The summed E-state index contributed by atoms with van der Waals surface area (Å²) in [5, 5.41) is 18.4. The van der Waals surface area contributed by atoms with Crippen molar-refractivity contribution in [1.82, 2.24) is 14.7 Å². The molecule has 0 saturated heterocycles. The van der Waals surface area contributed by atoms with E-state index in [2.05, 4.69) is 29.4 Å². The summed E-state index contributed by atoms with van der Waals surface area (Å²) in [6, 6.07) is 0. The van der Waals surface area contributed by atoms with Gasteiger partial charge in [0.2, 0.25) is 5.82 Å². The molecule has 1 heterocycles. The lowest BCUT2D eigenvalue weighted by molar-refractivity contribution is -0.384. The first-order chi connectivity index (χ1) is 8.87. The number of nitrogens with one attached hydrogen (secondary N) is 1. The summed E-state index contributed by atoms with van der Waals surface area (Å²) in [6.07, 6.45) is 3.46. The summed E-state index contributed by atoms with van der Waals surface area (Å²) in [5.74, 6) is 0.496. The van der Waals surface area contributed by atoms with E-state index in [0.717, 1.165) is 12.8 Å². The van der Waals surface area contributed by atoms with E-state index in [1.165, 1.54) is 6.42 Å². The topological polar surface area (TPSA) is 76.2 Å². The number of hydrogen-bond donors (Lipinski definition) is 1. The van der Waals surface area contributed by atoms with Crippen molar-refractivity contribution >= 4 is 11.5 Å². The molecular weight excluding hydrogens is 246 g/mol. The summed E-state index contributed by atoms with van der Waals surface area (Å²) >= 11 is 0. The van der Waals surface area contributed by atoms with Crippen LogP contribution in [0.1, 0.15) is 25.0 Å². The van der Waals surface area contributed by atoms with Crippen molar-refractivity contribution in [1.29, 1.82) is 0 Å². The quantitative estimate of drug-likeness (QED) is 0.646. The monoisotopic (exact) mass is 267 g/mol. The predicted octanol–water partition coefficient (Wildman–Crippen LogP) is 1.53. The Labute approximate surface area is 112 Å². The Morgan fingerprint density at radius 2 is 2.16 bits per heavy atom. The van der Waals surface area contributed by atoms with Crippen molar-refractivity contribution in [2.24, 2.45) is 7.05 Å². The maximum absolute atomic E-state index is 11.1.